The average Bonchev–Trinajstić information content (AvgIpc) is 2.09. The van der Waals surface area contributed by atoms with Gasteiger partial charge in [0.15, 0.2) is 0 Å². The number of carbonyl (C=O) groups is 1. The lowest BCUT2D eigenvalue weighted by Gasteiger charge is -2.29. The van der Waals surface area contributed by atoms with E-state index in [1.54, 1.807) is 4.90 Å². The van der Waals surface area contributed by atoms with Crippen LogP contribution >= 0.6 is 0 Å². The summed E-state index contributed by atoms with van der Waals surface area (Å²) >= 11 is 0. The molecular formula is C8H14N4O. The zero-order valence-corrected chi connectivity index (χ0v) is 7.81. The fraction of sp³-hybridized carbons (Fsp3) is 0.875. The molecule has 0 aliphatic carbocycles. The summed E-state index contributed by atoms with van der Waals surface area (Å²) in [6.07, 6.45) is 1.69. The monoisotopic (exact) mass is 182 g/mol. The van der Waals surface area contributed by atoms with E-state index < -0.39 is 0 Å². The SMILES string of the molecule is CC1CCN(CCN=[N+]=[N-])C(=O)C1. The molecule has 0 N–H and O–H groups in total. The summed E-state index contributed by atoms with van der Waals surface area (Å²) in [6.45, 7) is 3.84. The fourth-order valence-electron chi connectivity index (χ4n) is 1.48. The Hall–Kier alpha value is -1.22. The summed E-state index contributed by atoms with van der Waals surface area (Å²) in [4.78, 5) is 15.8. The van der Waals surface area contributed by atoms with E-state index >= 15 is 0 Å². The highest BCUT2D eigenvalue weighted by atomic mass is 16.2. The van der Waals surface area contributed by atoms with Gasteiger partial charge in [0.25, 0.3) is 0 Å². The third-order valence-corrected chi connectivity index (χ3v) is 2.30. The lowest BCUT2D eigenvalue weighted by molar-refractivity contribution is -0.134. The highest BCUT2D eigenvalue weighted by molar-refractivity contribution is 5.77. The molecule has 1 amide bonds. The van der Waals surface area contributed by atoms with Gasteiger partial charge in [-0.1, -0.05) is 12.0 Å². The minimum absolute atomic E-state index is 0.187. The number of hydrogen-bond donors (Lipinski definition) is 0. The van der Waals surface area contributed by atoms with Crippen LogP contribution in [0.2, 0.25) is 0 Å². The van der Waals surface area contributed by atoms with Crippen molar-refractivity contribution in [3.63, 3.8) is 0 Å². The van der Waals surface area contributed by atoms with Gasteiger partial charge in [0.05, 0.1) is 0 Å². The van der Waals surface area contributed by atoms with Gasteiger partial charge in [-0.05, 0) is 17.9 Å². The van der Waals surface area contributed by atoms with Gasteiger partial charge in [-0.15, -0.1) is 0 Å². The lowest BCUT2D eigenvalue weighted by Crippen LogP contribution is -2.39. The molecule has 5 heteroatoms. The van der Waals surface area contributed by atoms with E-state index in [4.69, 9.17) is 5.53 Å². The molecule has 5 nitrogen and oxygen atoms in total. The van der Waals surface area contributed by atoms with Gasteiger partial charge in [-0.25, -0.2) is 0 Å². The molecule has 0 radical (unpaired) electrons. The van der Waals surface area contributed by atoms with Crippen LogP contribution in [0.3, 0.4) is 0 Å². The van der Waals surface area contributed by atoms with Crippen LogP contribution in [0, 0.1) is 5.92 Å². The first kappa shape index (κ1) is 9.86. The Kier molecular flexibility index (Phi) is 3.58. The third kappa shape index (κ3) is 2.95. The number of nitrogens with zero attached hydrogens (tertiary/aromatic N) is 4. The van der Waals surface area contributed by atoms with Gasteiger partial charge in [0.1, 0.15) is 0 Å². The zero-order chi connectivity index (χ0) is 9.68. The Labute approximate surface area is 77.3 Å². The summed E-state index contributed by atoms with van der Waals surface area (Å²) in [5.41, 5.74) is 8.06. The molecule has 1 aliphatic heterocycles. The maximum Gasteiger partial charge on any atom is 0.222 e. The Morgan fingerprint density at radius 1 is 1.77 bits per heavy atom. The molecule has 1 fully saturated rings. The molecule has 0 saturated carbocycles. The second-order valence-electron chi connectivity index (χ2n) is 3.43. The number of azide groups is 1. The van der Waals surface area contributed by atoms with Crippen molar-refractivity contribution in [2.45, 2.75) is 19.8 Å². The van der Waals surface area contributed by atoms with Crippen molar-refractivity contribution in [1.82, 2.24) is 4.90 Å². The Morgan fingerprint density at radius 3 is 3.15 bits per heavy atom. The molecule has 13 heavy (non-hydrogen) atoms. The van der Waals surface area contributed by atoms with E-state index in [2.05, 4.69) is 16.9 Å². The number of amides is 1. The average molecular weight is 182 g/mol. The highest BCUT2D eigenvalue weighted by Crippen LogP contribution is 2.16. The minimum Gasteiger partial charge on any atom is -0.343 e. The standard InChI is InChI=1S/C8H14N4O/c1-7-2-4-12(8(13)6-7)5-3-10-11-9/h7H,2-6H2,1H3. The summed E-state index contributed by atoms with van der Waals surface area (Å²) in [7, 11) is 0. The van der Waals surface area contributed by atoms with Crippen LogP contribution < -0.4 is 0 Å². The molecule has 0 spiro atoms. The van der Waals surface area contributed by atoms with Crippen LogP contribution in [0.1, 0.15) is 19.8 Å². The number of hydrogen-bond acceptors (Lipinski definition) is 2. The number of likely N-dealkylation sites (tertiary alicyclic amines) is 1. The Bertz CT molecular complexity index is 234. The van der Waals surface area contributed by atoms with Gasteiger partial charge in [-0.2, -0.15) is 0 Å². The molecule has 0 aromatic carbocycles. The molecule has 0 bridgehead atoms. The Morgan fingerprint density at radius 2 is 2.54 bits per heavy atom. The van der Waals surface area contributed by atoms with Crippen molar-refractivity contribution in [2.75, 3.05) is 19.6 Å². The minimum atomic E-state index is 0.187. The fourth-order valence-corrected chi connectivity index (χ4v) is 1.48. The van der Waals surface area contributed by atoms with Crippen LogP contribution in [0.5, 0.6) is 0 Å². The lowest BCUT2D eigenvalue weighted by atomic mass is 9.99. The largest absolute Gasteiger partial charge is 0.343 e. The summed E-state index contributed by atoms with van der Waals surface area (Å²) < 4.78 is 0. The summed E-state index contributed by atoms with van der Waals surface area (Å²) in [5, 5.41) is 3.41. The summed E-state index contributed by atoms with van der Waals surface area (Å²) in [5.74, 6) is 0.690. The van der Waals surface area contributed by atoms with Crippen molar-refractivity contribution in [1.29, 1.82) is 0 Å². The van der Waals surface area contributed by atoms with E-state index in [0.29, 0.717) is 25.4 Å². The van der Waals surface area contributed by atoms with Gasteiger partial charge in [-0.3, -0.25) is 4.79 Å². The molecule has 1 saturated heterocycles. The van der Waals surface area contributed by atoms with Crippen molar-refractivity contribution in [2.24, 2.45) is 11.0 Å². The first-order valence-corrected chi connectivity index (χ1v) is 4.52. The summed E-state index contributed by atoms with van der Waals surface area (Å²) in [6, 6.07) is 0. The number of carbonyl (C=O) groups excluding carboxylic acids is 1. The van der Waals surface area contributed by atoms with Crippen LogP contribution in [-0.4, -0.2) is 30.4 Å². The highest BCUT2D eigenvalue weighted by Gasteiger charge is 2.21. The Balaban J connectivity index is 2.33. The second-order valence-corrected chi connectivity index (χ2v) is 3.43. The van der Waals surface area contributed by atoms with E-state index in [1.165, 1.54) is 0 Å². The van der Waals surface area contributed by atoms with Crippen molar-refractivity contribution in [3.05, 3.63) is 10.4 Å². The predicted molar refractivity (Wildman–Crippen MR) is 49.0 cm³/mol. The first-order valence-electron chi connectivity index (χ1n) is 4.52. The molecule has 1 unspecified atom stereocenters. The van der Waals surface area contributed by atoms with E-state index in [0.717, 1.165) is 13.0 Å². The second kappa shape index (κ2) is 4.72. The molecule has 1 aliphatic rings. The molecule has 1 heterocycles. The van der Waals surface area contributed by atoms with Gasteiger partial charge < -0.3 is 4.90 Å². The number of rotatable bonds is 3. The van der Waals surface area contributed by atoms with Crippen molar-refractivity contribution in [3.8, 4) is 0 Å². The molecule has 72 valence electrons. The normalized spacial score (nSPS) is 22.7. The zero-order valence-electron chi connectivity index (χ0n) is 7.81. The van der Waals surface area contributed by atoms with Crippen molar-refractivity contribution >= 4 is 5.91 Å². The smallest absolute Gasteiger partial charge is 0.222 e. The van der Waals surface area contributed by atoms with Gasteiger partial charge in [0, 0.05) is 31.0 Å². The van der Waals surface area contributed by atoms with Crippen LogP contribution in [0.25, 0.3) is 10.4 Å². The van der Waals surface area contributed by atoms with Gasteiger partial charge >= 0.3 is 0 Å². The van der Waals surface area contributed by atoms with Crippen LogP contribution in [-0.2, 0) is 4.79 Å². The molecule has 0 aromatic heterocycles. The maximum absolute atomic E-state index is 11.4. The number of piperidine rings is 1. The quantitative estimate of drug-likeness (QED) is 0.371. The van der Waals surface area contributed by atoms with E-state index in [9.17, 15) is 4.79 Å². The van der Waals surface area contributed by atoms with Crippen molar-refractivity contribution < 1.29 is 4.79 Å². The first-order chi connectivity index (χ1) is 6.24. The van der Waals surface area contributed by atoms with Crippen LogP contribution in [0.15, 0.2) is 5.11 Å². The predicted octanol–water partition coefficient (Wildman–Crippen LogP) is 1.56. The maximum atomic E-state index is 11.4. The molecule has 1 rings (SSSR count). The van der Waals surface area contributed by atoms with E-state index in [-0.39, 0.29) is 5.91 Å². The third-order valence-electron chi connectivity index (χ3n) is 2.30. The molecule has 0 aromatic rings. The topological polar surface area (TPSA) is 69.1 Å². The van der Waals surface area contributed by atoms with Crippen LogP contribution in [0.4, 0.5) is 0 Å². The molecular weight excluding hydrogens is 168 g/mol. The van der Waals surface area contributed by atoms with Gasteiger partial charge in [0.2, 0.25) is 5.91 Å². The van der Waals surface area contributed by atoms with E-state index in [1.807, 2.05) is 0 Å². The molecule has 1 atom stereocenters.